The second-order valence-electron chi connectivity index (χ2n) is 6.26. The standard InChI is InChI=1S/C21H29N5O3/c1-5-22-21(24-14-16-9-10-17(28-3)13-18(16)29-4)23-12-11-20(27)26-19-8-6-7-15(2)25-19/h6-10,13H,5,11-12,14H2,1-4H3,(H2,22,23,24)(H,25,26,27). The zero-order valence-corrected chi connectivity index (χ0v) is 17.4. The van der Waals surface area contributed by atoms with Gasteiger partial charge in [-0.3, -0.25) is 4.79 Å². The molecule has 8 nitrogen and oxygen atoms in total. The number of rotatable bonds is 9. The summed E-state index contributed by atoms with van der Waals surface area (Å²) in [5.74, 6) is 2.53. The Labute approximate surface area is 171 Å². The molecule has 0 aliphatic rings. The quantitative estimate of drug-likeness (QED) is 0.443. The minimum atomic E-state index is -0.108. The summed E-state index contributed by atoms with van der Waals surface area (Å²) in [6.45, 7) is 5.46. The maximum absolute atomic E-state index is 12.1. The van der Waals surface area contributed by atoms with E-state index in [1.165, 1.54) is 0 Å². The Morgan fingerprint density at radius 1 is 1.14 bits per heavy atom. The van der Waals surface area contributed by atoms with Crippen LogP contribution in [-0.2, 0) is 11.3 Å². The van der Waals surface area contributed by atoms with Gasteiger partial charge in [0.15, 0.2) is 5.96 Å². The van der Waals surface area contributed by atoms with Crippen LogP contribution in [0.15, 0.2) is 41.4 Å². The van der Waals surface area contributed by atoms with Gasteiger partial charge in [-0.25, -0.2) is 9.98 Å². The lowest BCUT2D eigenvalue weighted by molar-refractivity contribution is -0.116. The molecule has 0 aliphatic carbocycles. The van der Waals surface area contributed by atoms with Crippen molar-refractivity contribution >= 4 is 17.7 Å². The Balaban J connectivity index is 1.90. The van der Waals surface area contributed by atoms with Crippen molar-refractivity contribution in [3.05, 3.63) is 47.7 Å². The molecule has 8 heteroatoms. The summed E-state index contributed by atoms with van der Waals surface area (Å²) in [5, 5.41) is 9.14. The Hall–Kier alpha value is -3.29. The topological polar surface area (TPSA) is 96.9 Å². The molecule has 0 unspecified atom stereocenters. The smallest absolute Gasteiger partial charge is 0.227 e. The molecule has 0 spiro atoms. The van der Waals surface area contributed by atoms with E-state index in [2.05, 4.69) is 25.9 Å². The lowest BCUT2D eigenvalue weighted by atomic mass is 10.2. The number of guanidine groups is 1. The van der Waals surface area contributed by atoms with Crippen LogP contribution < -0.4 is 25.4 Å². The molecule has 2 rings (SSSR count). The SMILES string of the molecule is CCNC(=NCc1ccc(OC)cc1OC)NCCC(=O)Nc1cccc(C)n1. The first-order valence-corrected chi connectivity index (χ1v) is 9.52. The highest BCUT2D eigenvalue weighted by molar-refractivity contribution is 5.90. The van der Waals surface area contributed by atoms with E-state index in [-0.39, 0.29) is 5.91 Å². The number of hydrogen-bond donors (Lipinski definition) is 3. The monoisotopic (exact) mass is 399 g/mol. The summed E-state index contributed by atoms with van der Waals surface area (Å²) >= 11 is 0. The number of carbonyl (C=O) groups excluding carboxylic acids is 1. The third-order valence-corrected chi connectivity index (χ3v) is 4.05. The van der Waals surface area contributed by atoms with Crippen LogP contribution in [0.3, 0.4) is 0 Å². The van der Waals surface area contributed by atoms with Crippen molar-refractivity contribution < 1.29 is 14.3 Å². The van der Waals surface area contributed by atoms with Crippen molar-refractivity contribution in [2.45, 2.75) is 26.8 Å². The van der Waals surface area contributed by atoms with Gasteiger partial charge in [0.2, 0.25) is 5.91 Å². The number of benzene rings is 1. The van der Waals surface area contributed by atoms with Crippen LogP contribution >= 0.6 is 0 Å². The van der Waals surface area contributed by atoms with Gasteiger partial charge in [0.25, 0.3) is 0 Å². The number of aryl methyl sites for hydroxylation is 1. The van der Waals surface area contributed by atoms with Gasteiger partial charge in [-0.1, -0.05) is 6.07 Å². The number of aromatic nitrogens is 1. The van der Waals surface area contributed by atoms with Gasteiger partial charge in [0.05, 0.1) is 20.8 Å². The van der Waals surface area contributed by atoms with Crippen LogP contribution in [0.25, 0.3) is 0 Å². The highest BCUT2D eigenvalue weighted by Crippen LogP contribution is 2.25. The highest BCUT2D eigenvalue weighted by Gasteiger charge is 2.07. The fourth-order valence-electron chi connectivity index (χ4n) is 2.60. The number of amides is 1. The van der Waals surface area contributed by atoms with E-state index >= 15 is 0 Å². The number of nitrogens with one attached hydrogen (secondary N) is 3. The molecule has 2 aromatic rings. The maximum atomic E-state index is 12.1. The lowest BCUT2D eigenvalue weighted by Gasteiger charge is -2.13. The summed E-state index contributed by atoms with van der Waals surface area (Å²) in [5.41, 5.74) is 1.80. The molecule has 29 heavy (non-hydrogen) atoms. The normalized spacial score (nSPS) is 11.0. The van der Waals surface area contributed by atoms with Gasteiger partial charge < -0.3 is 25.4 Å². The van der Waals surface area contributed by atoms with E-state index < -0.39 is 0 Å². The largest absolute Gasteiger partial charge is 0.497 e. The van der Waals surface area contributed by atoms with Gasteiger partial charge in [-0.05, 0) is 38.1 Å². The van der Waals surface area contributed by atoms with Gasteiger partial charge in [0, 0.05) is 36.8 Å². The minimum Gasteiger partial charge on any atom is -0.497 e. The molecule has 0 bridgehead atoms. The first kappa shape index (κ1) is 22.0. The maximum Gasteiger partial charge on any atom is 0.227 e. The molecular weight excluding hydrogens is 370 g/mol. The summed E-state index contributed by atoms with van der Waals surface area (Å²) in [6, 6.07) is 11.1. The number of anilines is 1. The van der Waals surface area contributed by atoms with Gasteiger partial charge in [0.1, 0.15) is 17.3 Å². The number of carbonyl (C=O) groups is 1. The summed E-state index contributed by atoms with van der Waals surface area (Å²) in [7, 11) is 3.23. The predicted octanol–water partition coefficient (Wildman–Crippen LogP) is 2.49. The number of aliphatic imine (C=N–C) groups is 1. The van der Waals surface area contributed by atoms with Crippen molar-refractivity contribution in [1.82, 2.24) is 15.6 Å². The Morgan fingerprint density at radius 3 is 2.66 bits per heavy atom. The molecular formula is C21H29N5O3. The van der Waals surface area contributed by atoms with E-state index in [0.29, 0.717) is 43.6 Å². The Morgan fingerprint density at radius 2 is 1.97 bits per heavy atom. The molecule has 0 saturated carbocycles. The third kappa shape index (κ3) is 7.33. The predicted molar refractivity (Wildman–Crippen MR) is 115 cm³/mol. The fourth-order valence-corrected chi connectivity index (χ4v) is 2.60. The van der Waals surface area contributed by atoms with Crippen molar-refractivity contribution in [2.24, 2.45) is 4.99 Å². The van der Waals surface area contributed by atoms with Crippen molar-refractivity contribution in [3.8, 4) is 11.5 Å². The molecule has 1 aromatic heterocycles. The summed E-state index contributed by atoms with van der Waals surface area (Å²) in [4.78, 5) is 20.9. The number of nitrogens with zero attached hydrogens (tertiary/aromatic N) is 2. The molecule has 3 N–H and O–H groups in total. The second-order valence-corrected chi connectivity index (χ2v) is 6.26. The molecule has 1 heterocycles. The molecule has 0 fully saturated rings. The van der Waals surface area contributed by atoms with Crippen LogP contribution in [0.1, 0.15) is 24.6 Å². The third-order valence-electron chi connectivity index (χ3n) is 4.05. The zero-order valence-electron chi connectivity index (χ0n) is 17.4. The number of pyridine rings is 1. The van der Waals surface area contributed by atoms with E-state index in [1.54, 1.807) is 20.3 Å². The van der Waals surface area contributed by atoms with E-state index in [9.17, 15) is 4.79 Å². The molecule has 1 amide bonds. The highest BCUT2D eigenvalue weighted by atomic mass is 16.5. The average molecular weight is 399 g/mol. The number of methoxy groups -OCH3 is 2. The van der Waals surface area contributed by atoms with Crippen LogP contribution in [0.5, 0.6) is 11.5 Å². The van der Waals surface area contributed by atoms with Crippen LogP contribution in [0.4, 0.5) is 5.82 Å². The molecule has 0 aliphatic heterocycles. The van der Waals surface area contributed by atoms with E-state index in [0.717, 1.165) is 17.0 Å². The van der Waals surface area contributed by atoms with Gasteiger partial charge >= 0.3 is 0 Å². The molecule has 0 saturated heterocycles. The fraction of sp³-hybridized carbons (Fsp3) is 0.381. The summed E-state index contributed by atoms with van der Waals surface area (Å²) in [6.07, 6.45) is 0.298. The first-order chi connectivity index (χ1) is 14.0. The molecule has 1 aromatic carbocycles. The van der Waals surface area contributed by atoms with Gasteiger partial charge in [-0.15, -0.1) is 0 Å². The molecule has 0 atom stereocenters. The van der Waals surface area contributed by atoms with Crippen molar-refractivity contribution in [2.75, 3.05) is 32.6 Å². The van der Waals surface area contributed by atoms with E-state index in [1.807, 2.05) is 44.2 Å². The minimum absolute atomic E-state index is 0.108. The Bertz CT molecular complexity index is 839. The summed E-state index contributed by atoms with van der Waals surface area (Å²) < 4.78 is 10.6. The van der Waals surface area contributed by atoms with Crippen molar-refractivity contribution in [3.63, 3.8) is 0 Å². The van der Waals surface area contributed by atoms with Crippen molar-refractivity contribution in [1.29, 1.82) is 0 Å². The van der Waals surface area contributed by atoms with E-state index in [4.69, 9.17) is 9.47 Å². The molecule has 156 valence electrons. The van der Waals surface area contributed by atoms with Crippen LogP contribution in [0, 0.1) is 6.92 Å². The first-order valence-electron chi connectivity index (χ1n) is 9.52. The molecule has 0 radical (unpaired) electrons. The van der Waals surface area contributed by atoms with Crippen LogP contribution in [0.2, 0.25) is 0 Å². The number of ether oxygens (including phenoxy) is 2. The average Bonchev–Trinajstić information content (AvgIpc) is 2.71. The number of hydrogen-bond acceptors (Lipinski definition) is 5. The zero-order chi connectivity index (χ0) is 21.1. The lowest BCUT2D eigenvalue weighted by Crippen LogP contribution is -2.38. The van der Waals surface area contributed by atoms with Gasteiger partial charge in [-0.2, -0.15) is 0 Å². The Kier molecular flexibility index (Phi) is 8.75. The second kappa shape index (κ2) is 11.5. The van der Waals surface area contributed by atoms with Crippen LogP contribution in [-0.4, -0.2) is 44.2 Å².